The van der Waals surface area contributed by atoms with E-state index in [-0.39, 0.29) is 5.91 Å². The Morgan fingerprint density at radius 1 is 1.29 bits per heavy atom. The van der Waals surface area contributed by atoms with Gasteiger partial charge < -0.3 is 9.84 Å². The normalized spacial score (nSPS) is 10.7. The topological polar surface area (TPSA) is 68.0 Å². The first-order valence-corrected chi connectivity index (χ1v) is 9.57. The molecule has 0 bridgehead atoms. The van der Waals surface area contributed by atoms with E-state index in [4.69, 9.17) is 4.52 Å². The lowest BCUT2D eigenvalue weighted by Crippen LogP contribution is -2.27. The molecular formula is C17H17N3O2S2. The van der Waals surface area contributed by atoms with Gasteiger partial charge in [0.25, 0.3) is 0 Å². The summed E-state index contributed by atoms with van der Waals surface area (Å²) in [6.07, 6.45) is 4.33. The van der Waals surface area contributed by atoms with E-state index < -0.39 is 0 Å². The lowest BCUT2D eigenvalue weighted by atomic mass is 10.2. The van der Waals surface area contributed by atoms with Gasteiger partial charge in [-0.3, -0.25) is 9.78 Å². The number of pyridine rings is 1. The maximum absolute atomic E-state index is 11.8. The molecule has 0 saturated carbocycles. The van der Waals surface area contributed by atoms with Crippen LogP contribution in [0.4, 0.5) is 0 Å². The Labute approximate surface area is 148 Å². The molecule has 3 rings (SSSR count). The SMILES string of the molecule is O=C(CSCc1cc(-c2cccs2)on1)NCCc1ccncc1. The van der Waals surface area contributed by atoms with E-state index in [9.17, 15) is 4.79 Å². The number of carbonyl (C=O) groups excluding carboxylic acids is 1. The molecule has 7 heteroatoms. The number of hydrogen-bond donors (Lipinski definition) is 1. The first-order chi connectivity index (χ1) is 11.8. The summed E-state index contributed by atoms with van der Waals surface area (Å²) >= 11 is 3.15. The molecule has 3 heterocycles. The van der Waals surface area contributed by atoms with Crippen molar-refractivity contribution in [2.24, 2.45) is 0 Å². The summed E-state index contributed by atoms with van der Waals surface area (Å²) in [7, 11) is 0. The van der Waals surface area contributed by atoms with Gasteiger partial charge in [0, 0.05) is 30.8 Å². The van der Waals surface area contributed by atoms with Crippen molar-refractivity contribution >= 4 is 29.0 Å². The van der Waals surface area contributed by atoms with Crippen molar-refractivity contribution < 1.29 is 9.32 Å². The third-order valence-electron chi connectivity index (χ3n) is 3.29. The number of rotatable bonds is 8. The molecule has 0 radical (unpaired) electrons. The Hall–Kier alpha value is -2.12. The van der Waals surface area contributed by atoms with Crippen LogP contribution in [0, 0.1) is 0 Å². The lowest BCUT2D eigenvalue weighted by molar-refractivity contribution is -0.118. The van der Waals surface area contributed by atoms with E-state index in [1.807, 2.05) is 35.7 Å². The van der Waals surface area contributed by atoms with Crippen molar-refractivity contribution in [1.29, 1.82) is 0 Å². The number of aromatic nitrogens is 2. The minimum absolute atomic E-state index is 0.0380. The first-order valence-electron chi connectivity index (χ1n) is 7.54. The molecule has 0 atom stereocenters. The smallest absolute Gasteiger partial charge is 0.230 e. The highest BCUT2D eigenvalue weighted by molar-refractivity contribution is 7.99. The van der Waals surface area contributed by atoms with Crippen LogP contribution in [0.1, 0.15) is 11.3 Å². The number of nitrogens with zero attached hydrogens (tertiary/aromatic N) is 2. The molecule has 5 nitrogen and oxygen atoms in total. The third-order valence-corrected chi connectivity index (χ3v) is 5.14. The van der Waals surface area contributed by atoms with Crippen LogP contribution in [0.15, 0.2) is 52.6 Å². The summed E-state index contributed by atoms with van der Waals surface area (Å²) in [5, 5.41) is 8.97. The average molecular weight is 359 g/mol. The average Bonchev–Trinajstić information content (AvgIpc) is 3.27. The molecule has 0 fully saturated rings. The van der Waals surface area contributed by atoms with Crippen LogP contribution >= 0.6 is 23.1 Å². The van der Waals surface area contributed by atoms with Gasteiger partial charge in [-0.25, -0.2) is 0 Å². The maximum atomic E-state index is 11.8. The van der Waals surface area contributed by atoms with Crippen LogP contribution in [0.5, 0.6) is 0 Å². The molecular weight excluding hydrogens is 342 g/mol. The molecule has 3 aromatic rings. The molecule has 24 heavy (non-hydrogen) atoms. The Bertz CT molecular complexity index is 757. The summed E-state index contributed by atoms with van der Waals surface area (Å²) in [4.78, 5) is 16.9. The molecule has 0 aliphatic rings. The van der Waals surface area contributed by atoms with E-state index >= 15 is 0 Å². The minimum atomic E-state index is 0.0380. The Morgan fingerprint density at radius 2 is 2.17 bits per heavy atom. The van der Waals surface area contributed by atoms with Gasteiger partial charge in [0.1, 0.15) is 0 Å². The third kappa shape index (κ3) is 4.94. The van der Waals surface area contributed by atoms with Crippen LogP contribution in [-0.2, 0) is 17.0 Å². The number of carbonyl (C=O) groups is 1. The van der Waals surface area contributed by atoms with Crippen molar-refractivity contribution in [3.05, 3.63) is 59.4 Å². The Balaban J connectivity index is 1.35. The van der Waals surface area contributed by atoms with E-state index in [1.54, 1.807) is 23.7 Å². The molecule has 0 spiro atoms. The molecule has 0 saturated heterocycles. The highest BCUT2D eigenvalue weighted by Crippen LogP contribution is 2.26. The predicted molar refractivity (Wildman–Crippen MR) is 96.9 cm³/mol. The van der Waals surface area contributed by atoms with E-state index in [0.29, 0.717) is 18.1 Å². The van der Waals surface area contributed by atoms with Crippen molar-refractivity contribution in [2.75, 3.05) is 12.3 Å². The quantitative estimate of drug-likeness (QED) is 0.668. The zero-order valence-electron chi connectivity index (χ0n) is 13.0. The van der Waals surface area contributed by atoms with Gasteiger partial charge >= 0.3 is 0 Å². The predicted octanol–water partition coefficient (Wildman–Crippen LogP) is 3.39. The van der Waals surface area contributed by atoms with Gasteiger partial charge in [-0.05, 0) is 35.6 Å². The molecule has 0 aromatic carbocycles. The Kier molecular flexibility index (Phi) is 6.03. The molecule has 1 amide bonds. The van der Waals surface area contributed by atoms with Crippen LogP contribution < -0.4 is 5.32 Å². The summed E-state index contributed by atoms with van der Waals surface area (Å²) in [5.74, 6) is 1.89. The lowest BCUT2D eigenvalue weighted by Gasteiger charge is -2.04. The maximum Gasteiger partial charge on any atom is 0.230 e. The number of amides is 1. The van der Waals surface area contributed by atoms with Crippen LogP contribution in [0.3, 0.4) is 0 Å². The minimum Gasteiger partial charge on any atom is -0.355 e. The molecule has 0 unspecified atom stereocenters. The second-order valence-electron chi connectivity index (χ2n) is 5.11. The summed E-state index contributed by atoms with van der Waals surface area (Å²) in [6, 6.07) is 9.82. The zero-order chi connectivity index (χ0) is 16.6. The van der Waals surface area contributed by atoms with Gasteiger partial charge in [0.2, 0.25) is 5.91 Å². The first kappa shape index (κ1) is 16.7. The van der Waals surface area contributed by atoms with Crippen molar-refractivity contribution in [3.8, 4) is 10.6 Å². The van der Waals surface area contributed by atoms with Crippen molar-refractivity contribution in [2.45, 2.75) is 12.2 Å². The van der Waals surface area contributed by atoms with E-state index in [1.165, 1.54) is 17.3 Å². The standard InChI is InChI=1S/C17H17N3O2S2/c21-17(19-8-5-13-3-6-18-7-4-13)12-23-11-14-10-15(22-20-14)16-2-1-9-24-16/h1-4,6-7,9-10H,5,8,11-12H2,(H,19,21). The molecule has 1 N–H and O–H groups in total. The van der Waals surface area contributed by atoms with Gasteiger partial charge in [0.15, 0.2) is 5.76 Å². The van der Waals surface area contributed by atoms with Crippen molar-refractivity contribution in [3.63, 3.8) is 0 Å². The molecule has 0 aliphatic heterocycles. The fourth-order valence-electron chi connectivity index (χ4n) is 2.11. The highest BCUT2D eigenvalue weighted by Gasteiger charge is 2.08. The monoisotopic (exact) mass is 359 g/mol. The van der Waals surface area contributed by atoms with Gasteiger partial charge in [-0.2, -0.15) is 0 Å². The van der Waals surface area contributed by atoms with Crippen LogP contribution in [-0.4, -0.2) is 28.3 Å². The second kappa shape index (κ2) is 8.65. The van der Waals surface area contributed by atoms with Crippen LogP contribution in [0.2, 0.25) is 0 Å². The fraction of sp³-hybridized carbons (Fsp3) is 0.235. The molecule has 124 valence electrons. The fourth-order valence-corrected chi connectivity index (χ4v) is 3.52. The zero-order valence-corrected chi connectivity index (χ0v) is 14.6. The van der Waals surface area contributed by atoms with Gasteiger partial charge in [-0.15, -0.1) is 23.1 Å². The largest absolute Gasteiger partial charge is 0.355 e. The molecule has 0 aliphatic carbocycles. The highest BCUT2D eigenvalue weighted by atomic mass is 32.2. The second-order valence-corrected chi connectivity index (χ2v) is 7.04. The van der Waals surface area contributed by atoms with E-state index in [2.05, 4.69) is 15.5 Å². The number of thioether (sulfide) groups is 1. The van der Waals surface area contributed by atoms with Gasteiger partial charge in [-0.1, -0.05) is 11.2 Å². The number of thiophene rings is 1. The molecule has 3 aromatic heterocycles. The van der Waals surface area contributed by atoms with Gasteiger partial charge in [0.05, 0.1) is 16.3 Å². The summed E-state index contributed by atoms with van der Waals surface area (Å²) in [6.45, 7) is 0.635. The number of nitrogens with one attached hydrogen (secondary N) is 1. The van der Waals surface area contributed by atoms with Crippen molar-refractivity contribution in [1.82, 2.24) is 15.5 Å². The van der Waals surface area contributed by atoms with E-state index in [0.717, 1.165) is 22.8 Å². The summed E-state index contributed by atoms with van der Waals surface area (Å²) < 4.78 is 5.32. The number of hydrogen-bond acceptors (Lipinski definition) is 6. The summed E-state index contributed by atoms with van der Waals surface area (Å²) in [5.41, 5.74) is 2.02. The Morgan fingerprint density at radius 3 is 2.96 bits per heavy atom. The van der Waals surface area contributed by atoms with Crippen LogP contribution in [0.25, 0.3) is 10.6 Å².